The van der Waals surface area contributed by atoms with Crippen LogP contribution in [0.1, 0.15) is 5.56 Å². The molecule has 0 saturated carbocycles. The Labute approximate surface area is 116 Å². The lowest BCUT2D eigenvalue weighted by Gasteiger charge is -2.04. The van der Waals surface area contributed by atoms with Crippen LogP contribution in [0.25, 0.3) is 11.2 Å². The molecule has 2 aromatic heterocycles. The summed E-state index contributed by atoms with van der Waals surface area (Å²) in [5, 5.41) is 0. The number of imidazole rings is 1. The number of benzene rings is 1. The highest BCUT2D eigenvalue weighted by Gasteiger charge is 2.10. The maximum atomic E-state index is 5.37. The van der Waals surface area contributed by atoms with E-state index >= 15 is 0 Å². The minimum absolute atomic E-state index is 0.164. The summed E-state index contributed by atoms with van der Waals surface area (Å²) < 4.78 is 7.32. The van der Waals surface area contributed by atoms with Crippen LogP contribution in [-0.2, 0) is 6.54 Å². The predicted molar refractivity (Wildman–Crippen MR) is 75.2 cm³/mol. The summed E-state index contributed by atoms with van der Waals surface area (Å²) in [6.45, 7) is 0.862. The van der Waals surface area contributed by atoms with Crippen LogP contribution in [0.4, 0.5) is 0 Å². The van der Waals surface area contributed by atoms with Gasteiger partial charge in [-0.3, -0.25) is 0 Å². The highest BCUT2D eigenvalue weighted by molar-refractivity contribution is 5.76. The van der Waals surface area contributed by atoms with Crippen LogP contribution in [0.2, 0.25) is 0 Å². The molecule has 0 saturated heterocycles. The van der Waals surface area contributed by atoms with Gasteiger partial charge in [0.25, 0.3) is 0 Å². The lowest BCUT2D eigenvalue weighted by Crippen LogP contribution is -2.01. The monoisotopic (exact) mass is 264 g/mol. The second-order valence-corrected chi connectivity index (χ2v) is 4.20. The van der Waals surface area contributed by atoms with Gasteiger partial charge in [-0.25, -0.2) is 9.97 Å². The average molecular weight is 264 g/mol. The fourth-order valence-corrected chi connectivity index (χ4v) is 1.97. The van der Waals surface area contributed by atoms with E-state index in [1.807, 2.05) is 22.8 Å². The fourth-order valence-electron chi connectivity index (χ4n) is 1.97. The maximum Gasteiger partial charge on any atom is 0.246 e. The van der Waals surface area contributed by atoms with Crippen molar-refractivity contribution >= 4 is 11.2 Å². The summed E-state index contributed by atoms with van der Waals surface area (Å²) in [5.41, 5.74) is 2.53. The topological polar surface area (TPSA) is 52.8 Å². The van der Waals surface area contributed by atoms with E-state index in [0.717, 1.165) is 5.65 Å². The molecule has 0 N–H and O–H groups in total. The largest absolute Gasteiger partial charge is 0.463 e. The molecule has 0 amide bonds. The first-order chi connectivity index (χ1) is 9.88. The van der Waals surface area contributed by atoms with Crippen LogP contribution < -0.4 is 4.74 Å². The van der Waals surface area contributed by atoms with Gasteiger partial charge < -0.3 is 9.30 Å². The zero-order valence-electron chi connectivity index (χ0n) is 10.7. The molecule has 20 heavy (non-hydrogen) atoms. The Morgan fingerprint density at radius 3 is 2.80 bits per heavy atom. The quantitative estimate of drug-likeness (QED) is 0.675. The average Bonchev–Trinajstić information content (AvgIpc) is 2.90. The molecule has 5 heteroatoms. The van der Waals surface area contributed by atoms with Crippen LogP contribution in [0, 0.1) is 12.3 Å². The number of hydrogen-bond donors (Lipinski definition) is 0. The smallest absolute Gasteiger partial charge is 0.246 e. The van der Waals surface area contributed by atoms with Crippen molar-refractivity contribution in [3.63, 3.8) is 0 Å². The van der Waals surface area contributed by atoms with E-state index < -0.39 is 0 Å². The van der Waals surface area contributed by atoms with E-state index in [1.54, 1.807) is 6.33 Å². The van der Waals surface area contributed by atoms with Crippen molar-refractivity contribution in [1.82, 2.24) is 19.5 Å². The number of aromatic nitrogens is 4. The predicted octanol–water partition coefficient (Wildman–Crippen LogP) is 1.89. The van der Waals surface area contributed by atoms with Crippen molar-refractivity contribution < 1.29 is 4.74 Å². The zero-order valence-corrected chi connectivity index (χ0v) is 10.7. The molecule has 0 aliphatic carbocycles. The summed E-state index contributed by atoms with van der Waals surface area (Å²) in [6.07, 6.45) is 8.37. The van der Waals surface area contributed by atoms with E-state index in [4.69, 9.17) is 11.2 Å². The summed E-state index contributed by atoms with van der Waals surface area (Å²) in [6, 6.07) is 10.1. The SMILES string of the molecule is C#CCOc1ncnc2c1ncn2Cc1ccccc1. The van der Waals surface area contributed by atoms with E-state index in [2.05, 4.69) is 33.0 Å². The molecule has 0 aliphatic heterocycles. The van der Waals surface area contributed by atoms with E-state index in [0.29, 0.717) is 17.9 Å². The minimum atomic E-state index is 0.164. The molecule has 0 fully saturated rings. The van der Waals surface area contributed by atoms with Crippen molar-refractivity contribution in [1.29, 1.82) is 0 Å². The van der Waals surface area contributed by atoms with Crippen LogP contribution in [-0.4, -0.2) is 26.1 Å². The first-order valence-electron chi connectivity index (χ1n) is 6.14. The molecule has 98 valence electrons. The van der Waals surface area contributed by atoms with Crippen LogP contribution in [0.15, 0.2) is 43.0 Å². The molecule has 3 rings (SSSR count). The molecule has 0 bridgehead atoms. The number of ether oxygens (including phenoxy) is 1. The maximum absolute atomic E-state index is 5.37. The van der Waals surface area contributed by atoms with Crippen molar-refractivity contribution in [2.45, 2.75) is 6.54 Å². The van der Waals surface area contributed by atoms with Gasteiger partial charge in [0.1, 0.15) is 6.33 Å². The minimum Gasteiger partial charge on any atom is -0.463 e. The highest BCUT2D eigenvalue weighted by atomic mass is 16.5. The summed E-state index contributed by atoms with van der Waals surface area (Å²) in [4.78, 5) is 12.6. The summed E-state index contributed by atoms with van der Waals surface area (Å²) in [7, 11) is 0. The highest BCUT2D eigenvalue weighted by Crippen LogP contribution is 2.20. The number of hydrogen-bond acceptors (Lipinski definition) is 4. The van der Waals surface area contributed by atoms with Gasteiger partial charge in [-0.15, -0.1) is 6.42 Å². The molecule has 0 radical (unpaired) electrons. The van der Waals surface area contributed by atoms with Gasteiger partial charge in [0, 0.05) is 0 Å². The first-order valence-corrected chi connectivity index (χ1v) is 6.14. The molecule has 0 spiro atoms. The molecular formula is C15H12N4O. The Bertz CT molecular complexity index is 758. The van der Waals surface area contributed by atoms with E-state index in [9.17, 15) is 0 Å². The van der Waals surface area contributed by atoms with E-state index in [1.165, 1.54) is 11.9 Å². The second-order valence-electron chi connectivity index (χ2n) is 4.20. The molecule has 3 aromatic rings. The normalized spacial score (nSPS) is 10.3. The zero-order chi connectivity index (χ0) is 13.8. The third kappa shape index (κ3) is 2.31. The molecule has 0 aliphatic rings. The molecule has 2 heterocycles. The Hall–Kier alpha value is -2.87. The van der Waals surface area contributed by atoms with Crippen molar-refractivity contribution in [3.05, 3.63) is 48.5 Å². The lowest BCUT2D eigenvalue weighted by molar-refractivity contribution is 0.359. The Kier molecular flexibility index (Phi) is 3.29. The number of nitrogens with zero attached hydrogens (tertiary/aromatic N) is 4. The molecular weight excluding hydrogens is 252 g/mol. The number of rotatable bonds is 4. The molecule has 1 aromatic carbocycles. The summed E-state index contributed by atoms with van der Waals surface area (Å²) in [5.74, 6) is 2.83. The van der Waals surface area contributed by atoms with Gasteiger partial charge in [0.15, 0.2) is 17.8 Å². The van der Waals surface area contributed by atoms with Gasteiger partial charge >= 0.3 is 0 Å². The van der Waals surface area contributed by atoms with Gasteiger partial charge in [0.05, 0.1) is 12.9 Å². The van der Waals surface area contributed by atoms with Crippen molar-refractivity contribution in [3.8, 4) is 18.2 Å². The van der Waals surface area contributed by atoms with Gasteiger partial charge in [0.2, 0.25) is 5.88 Å². The van der Waals surface area contributed by atoms with Crippen LogP contribution in [0.3, 0.4) is 0 Å². The Morgan fingerprint density at radius 1 is 1.15 bits per heavy atom. The van der Waals surface area contributed by atoms with Crippen LogP contribution in [0.5, 0.6) is 5.88 Å². The molecule has 0 atom stereocenters. The third-order valence-corrected chi connectivity index (χ3v) is 2.86. The number of terminal acetylenes is 1. The fraction of sp³-hybridized carbons (Fsp3) is 0.133. The second kappa shape index (κ2) is 5.41. The van der Waals surface area contributed by atoms with Gasteiger partial charge in [-0.05, 0) is 5.56 Å². The lowest BCUT2D eigenvalue weighted by atomic mass is 10.2. The number of fused-ring (bicyclic) bond motifs is 1. The Balaban J connectivity index is 1.96. The summed E-state index contributed by atoms with van der Waals surface area (Å²) >= 11 is 0. The Morgan fingerprint density at radius 2 is 2.00 bits per heavy atom. The molecule has 0 unspecified atom stereocenters. The third-order valence-electron chi connectivity index (χ3n) is 2.86. The van der Waals surface area contributed by atoms with Crippen molar-refractivity contribution in [2.75, 3.05) is 6.61 Å². The molecule has 5 nitrogen and oxygen atoms in total. The first kappa shape index (κ1) is 12.2. The van der Waals surface area contributed by atoms with Gasteiger partial charge in [-0.1, -0.05) is 36.3 Å². The van der Waals surface area contributed by atoms with Crippen molar-refractivity contribution in [2.24, 2.45) is 0 Å². The van der Waals surface area contributed by atoms with Gasteiger partial charge in [-0.2, -0.15) is 4.98 Å². The van der Waals surface area contributed by atoms with E-state index in [-0.39, 0.29) is 6.61 Å². The standard InChI is InChI=1S/C15H12N4O/c1-2-8-20-15-13-14(16-10-17-15)19(11-18-13)9-12-6-4-3-5-7-12/h1,3-7,10-11H,8-9H2. The van der Waals surface area contributed by atoms with Crippen LogP contribution >= 0.6 is 0 Å².